The molecule has 0 aromatic heterocycles. The zero-order valence-electron chi connectivity index (χ0n) is 18.8. The first kappa shape index (κ1) is 23.0. The average molecular weight is 494 g/mol. The van der Waals surface area contributed by atoms with Gasteiger partial charge in [0.2, 0.25) is 16.7 Å². The summed E-state index contributed by atoms with van der Waals surface area (Å²) in [6.07, 6.45) is 0. The molecule has 0 aliphatic carbocycles. The van der Waals surface area contributed by atoms with Gasteiger partial charge in [-0.15, -0.1) is 11.8 Å². The van der Waals surface area contributed by atoms with Crippen LogP contribution in [0.4, 0.5) is 20.2 Å². The topological polar surface area (TPSA) is 69.7 Å². The van der Waals surface area contributed by atoms with Gasteiger partial charge in [0.05, 0.1) is 11.4 Å². The Hall–Kier alpha value is -3.72. The number of nitrogens with one attached hydrogen (secondary N) is 1. The van der Waals surface area contributed by atoms with Gasteiger partial charge in [-0.3, -0.25) is 24.2 Å². The Morgan fingerprint density at radius 2 is 1.77 bits per heavy atom. The summed E-state index contributed by atoms with van der Waals surface area (Å²) in [5.74, 6) is -3.44. The molecule has 1 N–H and O–H groups in total. The largest absolute Gasteiger partial charge is 0.350 e. The third-order valence-corrected chi connectivity index (χ3v) is 7.52. The maximum Gasteiger partial charge on any atom is 0.269 e. The van der Waals surface area contributed by atoms with Crippen molar-refractivity contribution >= 4 is 40.9 Å². The van der Waals surface area contributed by atoms with Crippen molar-refractivity contribution in [1.29, 1.82) is 0 Å². The quantitative estimate of drug-likeness (QED) is 0.586. The third kappa shape index (κ3) is 3.85. The fraction of sp³-hybridized carbons (Fsp3) is 0.192. The minimum Gasteiger partial charge on any atom is -0.350 e. The lowest BCUT2D eigenvalue weighted by Crippen LogP contribution is -2.51. The molecule has 3 amide bonds. The second-order valence-corrected chi connectivity index (χ2v) is 9.60. The van der Waals surface area contributed by atoms with Crippen LogP contribution in [0.1, 0.15) is 16.7 Å². The maximum atomic E-state index is 14.1. The van der Waals surface area contributed by atoms with E-state index in [-0.39, 0.29) is 23.9 Å². The second kappa shape index (κ2) is 8.81. The summed E-state index contributed by atoms with van der Waals surface area (Å²) in [7, 11) is 0. The standard InChI is InChI=1S/C26H21F2N3O3S/c1-16-6-8-17(9-7-16)13-29-23(32)14-30-22-5-3-2-4-19(22)26(25(30)34)31(24(33)15-35-26)18-10-11-20(27)21(28)12-18/h2-12H,13-15H2,1H3,(H,29,32)/t26-/m0/s1. The van der Waals surface area contributed by atoms with E-state index in [0.29, 0.717) is 17.8 Å². The maximum absolute atomic E-state index is 14.1. The molecule has 2 aliphatic rings. The number of nitrogens with zero attached hydrogens (tertiary/aromatic N) is 2. The Kier molecular flexibility index (Phi) is 5.80. The van der Waals surface area contributed by atoms with Crippen LogP contribution < -0.4 is 15.1 Å². The van der Waals surface area contributed by atoms with Gasteiger partial charge < -0.3 is 5.32 Å². The number of carbonyl (C=O) groups is 3. The lowest BCUT2D eigenvalue weighted by atomic mass is 10.0. The van der Waals surface area contributed by atoms with Gasteiger partial charge in [0.15, 0.2) is 11.6 Å². The normalized spacial score (nSPS) is 18.9. The summed E-state index contributed by atoms with van der Waals surface area (Å²) in [6.45, 7) is 2.04. The molecule has 1 fully saturated rings. The predicted octanol–water partition coefficient (Wildman–Crippen LogP) is 3.87. The summed E-state index contributed by atoms with van der Waals surface area (Å²) < 4.78 is 27.6. The van der Waals surface area contributed by atoms with Crippen LogP contribution in [-0.4, -0.2) is 30.0 Å². The van der Waals surface area contributed by atoms with Crippen molar-refractivity contribution in [3.8, 4) is 0 Å². The molecule has 35 heavy (non-hydrogen) atoms. The number of halogens is 2. The molecule has 178 valence electrons. The van der Waals surface area contributed by atoms with Crippen molar-refractivity contribution < 1.29 is 23.2 Å². The van der Waals surface area contributed by atoms with Crippen LogP contribution in [0.15, 0.2) is 66.7 Å². The molecule has 1 atom stereocenters. The smallest absolute Gasteiger partial charge is 0.269 e. The van der Waals surface area contributed by atoms with Crippen molar-refractivity contribution in [2.75, 3.05) is 22.1 Å². The Morgan fingerprint density at radius 1 is 1.03 bits per heavy atom. The molecule has 5 rings (SSSR count). The van der Waals surface area contributed by atoms with Crippen molar-refractivity contribution in [3.63, 3.8) is 0 Å². The van der Waals surface area contributed by atoms with Gasteiger partial charge in [0.1, 0.15) is 6.54 Å². The summed E-state index contributed by atoms with van der Waals surface area (Å²) in [4.78, 5) is 40.7. The number of thioether (sulfide) groups is 1. The van der Waals surface area contributed by atoms with Gasteiger partial charge in [-0.05, 0) is 30.7 Å². The highest BCUT2D eigenvalue weighted by molar-refractivity contribution is 8.02. The highest BCUT2D eigenvalue weighted by Crippen LogP contribution is 2.55. The van der Waals surface area contributed by atoms with E-state index in [4.69, 9.17) is 0 Å². The fourth-order valence-electron chi connectivity index (χ4n) is 4.44. The number of fused-ring (bicyclic) bond motifs is 2. The van der Waals surface area contributed by atoms with Crippen LogP contribution in [0.5, 0.6) is 0 Å². The number of hydrogen-bond donors (Lipinski definition) is 1. The van der Waals surface area contributed by atoms with E-state index in [2.05, 4.69) is 5.32 Å². The van der Waals surface area contributed by atoms with Gasteiger partial charge in [0, 0.05) is 23.9 Å². The van der Waals surface area contributed by atoms with Crippen LogP contribution >= 0.6 is 11.8 Å². The molecule has 1 spiro atoms. The van der Waals surface area contributed by atoms with Crippen LogP contribution in [0.3, 0.4) is 0 Å². The molecule has 0 radical (unpaired) electrons. The Labute approximate surface area is 204 Å². The van der Waals surface area contributed by atoms with E-state index in [1.54, 1.807) is 24.3 Å². The lowest BCUT2D eigenvalue weighted by Gasteiger charge is -2.33. The number of rotatable bonds is 5. The van der Waals surface area contributed by atoms with Gasteiger partial charge in [-0.2, -0.15) is 0 Å². The van der Waals surface area contributed by atoms with Crippen LogP contribution in [0.2, 0.25) is 0 Å². The van der Waals surface area contributed by atoms with Crippen molar-refractivity contribution in [2.45, 2.75) is 18.3 Å². The van der Waals surface area contributed by atoms with Crippen LogP contribution in [-0.2, 0) is 25.8 Å². The Morgan fingerprint density at radius 3 is 2.51 bits per heavy atom. The van der Waals surface area contributed by atoms with E-state index in [9.17, 15) is 23.2 Å². The molecule has 9 heteroatoms. The molecule has 2 heterocycles. The minimum atomic E-state index is -1.50. The molecule has 6 nitrogen and oxygen atoms in total. The first-order chi connectivity index (χ1) is 16.8. The summed E-state index contributed by atoms with van der Waals surface area (Å²) in [5.41, 5.74) is 3.14. The molecular formula is C26H21F2N3O3S. The highest BCUT2D eigenvalue weighted by Gasteiger charge is 2.61. The molecule has 3 aromatic carbocycles. The van der Waals surface area contributed by atoms with Gasteiger partial charge >= 0.3 is 0 Å². The molecule has 0 bridgehead atoms. The molecular weight excluding hydrogens is 472 g/mol. The van der Waals surface area contributed by atoms with Crippen LogP contribution in [0, 0.1) is 18.6 Å². The summed E-state index contributed by atoms with van der Waals surface area (Å²) in [5, 5.41) is 2.83. The minimum absolute atomic E-state index is 0.0213. The molecule has 3 aromatic rings. The number of anilines is 2. The number of amides is 3. The molecule has 1 saturated heterocycles. The van der Waals surface area contributed by atoms with E-state index >= 15 is 0 Å². The zero-order valence-corrected chi connectivity index (χ0v) is 19.6. The fourth-order valence-corrected chi connectivity index (χ4v) is 5.80. The van der Waals surface area contributed by atoms with E-state index in [1.807, 2.05) is 31.2 Å². The van der Waals surface area contributed by atoms with E-state index in [0.717, 1.165) is 35.0 Å². The van der Waals surface area contributed by atoms with Gasteiger partial charge in [0.25, 0.3) is 5.91 Å². The lowest BCUT2D eigenvalue weighted by molar-refractivity contribution is -0.125. The highest BCUT2D eigenvalue weighted by atomic mass is 32.2. The SMILES string of the molecule is Cc1ccc(CNC(=O)CN2C(=O)[C@@]3(SCC(=O)N3c3ccc(F)c(F)c3)c3ccccc32)cc1. The van der Waals surface area contributed by atoms with E-state index < -0.39 is 28.3 Å². The number of para-hydroxylation sites is 1. The number of aryl methyl sites for hydroxylation is 1. The molecule has 2 aliphatic heterocycles. The van der Waals surface area contributed by atoms with Gasteiger partial charge in [-0.1, -0.05) is 48.0 Å². The monoisotopic (exact) mass is 493 g/mol. The first-order valence-electron chi connectivity index (χ1n) is 11.0. The number of benzene rings is 3. The Balaban J connectivity index is 1.45. The average Bonchev–Trinajstić information content (AvgIpc) is 3.31. The first-order valence-corrected chi connectivity index (χ1v) is 12.0. The summed E-state index contributed by atoms with van der Waals surface area (Å²) in [6, 6.07) is 17.8. The van der Waals surface area contributed by atoms with E-state index in [1.165, 1.54) is 15.9 Å². The van der Waals surface area contributed by atoms with Crippen molar-refractivity contribution in [2.24, 2.45) is 0 Å². The zero-order chi connectivity index (χ0) is 24.7. The second-order valence-electron chi connectivity index (χ2n) is 8.43. The van der Waals surface area contributed by atoms with Crippen LogP contribution in [0.25, 0.3) is 0 Å². The van der Waals surface area contributed by atoms with Crippen molar-refractivity contribution in [1.82, 2.24) is 5.32 Å². The Bertz CT molecular complexity index is 1350. The van der Waals surface area contributed by atoms with Crippen molar-refractivity contribution in [3.05, 3.63) is 95.1 Å². The molecule has 0 saturated carbocycles. The third-order valence-electron chi connectivity index (χ3n) is 6.14. The number of carbonyl (C=O) groups excluding carboxylic acids is 3. The van der Waals surface area contributed by atoms with Gasteiger partial charge in [-0.25, -0.2) is 8.78 Å². The molecule has 0 unspecified atom stereocenters. The number of hydrogen-bond acceptors (Lipinski definition) is 4. The summed E-state index contributed by atoms with van der Waals surface area (Å²) >= 11 is 1.10. The predicted molar refractivity (Wildman–Crippen MR) is 130 cm³/mol.